The van der Waals surface area contributed by atoms with Gasteiger partial charge in [0, 0.05) is 12.3 Å². The summed E-state index contributed by atoms with van der Waals surface area (Å²) in [6, 6.07) is 12.3. The van der Waals surface area contributed by atoms with Crippen molar-refractivity contribution in [2.45, 2.75) is 11.4 Å². The van der Waals surface area contributed by atoms with E-state index in [0.717, 1.165) is 17.0 Å². The molecule has 1 aliphatic heterocycles. The van der Waals surface area contributed by atoms with Crippen molar-refractivity contribution in [3.63, 3.8) is 0 Å². The molecule has 1 N–H and O–H groups in total. The highest BCUT2D eigenvalue weighted by atomic mass is 32.2. The minimum atomic E-state index is -4.25. The Labute approximate surface area is 177 Å². The van der Waals surface area contributed by atoms with Gasteiger partial charge in [0.1, 0.15) is 17.3 Å². The van der Waals surface area contributed by atoms with E-state index in [4.69, 9.17) is 4.74 Å². The Morgan fingerprint density at radius 1 is 1.06 bits per heavy atom. The van der Waals surface area contributed by atoms with Crippen LogP contribution >= 0.6 is 0 Å². The lowest BCUT2D eigenvalue weighted by atomic mass is 10.2. The molecule has 0 unspecified atom stereocenters. The molecule has 0 bridgehead atoms. The van der Waals surface area contributed by atoms with Crippen LogP contribution in [0.4, 0.5) is 10.1 Å². The number of carbonyl (C=O) groups excluding carboxylic acids is 2. The van der Waals surface area contributed by atoms with Gasteiger partial charge in [0.2, 0.25) is 0 Å². The number of carbonyl (C=O) groups is 2. The maximum atomic E-state index is 13.9. The molecule has 0 saturated carbocycles. The number of hydrogen-bond donors (Lipinski definition) is 1. The van der Waals surface area contributed by atoms with Gasteiger partial charge in [-0.1, -0.05) is 12.1 Å². The number of hydrogen-bond acceptors (Lipinski definition) is 6. The summed E-state index contributed by atoms with van der Waals surface area (Å²) in [6.07, 6.45) is 1.39. The zero-order valence-corrected chi connectivity index (χ0v) is 17.0. The van der Waals surface area contributed by atoms with Gasteiger partial charge in [-0.2, -0.15) is 0 Å². The van der Waals surface area contributed by atoms with Crippen molar-refractivity contribution in [3.05, 3.63) is 83.4 Å². The number of amides is 2. The number of rotatable bonds is 6. The van der Waals surface area contributed by atoms with E-state index >= 15 is 0 Å². The number of pyridine rings is 1. The number of imide groups is 1. The second-order valence-corrected chi connectivity index (χ2v) is 8.34. The third-order valence-electron chi connectivity index (χ3n) is 4.70. The number of methoxy groups -OCH3 is 1. The Hall–Kier alpha value is -3.79. The third kappa shape index (κ3) is 3.84. The summed E-state index contributed by atoms with van der Waals surface area (Å²) in [6.45, 7) is -0.358. The van der Waals surface area contributed by atoms with Gasteiger partial charge in [0.05, 0.1) is 29.8 Å². The van der Waals surface area contributed by atoms with Crippen LogP contribution in [0.25, 0.3) is 0 Å². The van der Waals surface area contributed by atoms with Gasteiger partial charge in [-0.3, -0.25) is 24.2 Å². The number of nitrogens with one attached hydrogen (secondary N) is 1. The number of benzene rings is 2. The third-order valence-corrected chi connectivity index (χ3v) is 6.16. The van der Waals surface area contributed by atoms with Crippen LogP contribution in [-0.2, 0) is 16.6 Å². The summed E-state index contributed by atoms with van der Waals surface area (Å²) in [7, 11) is -2.81. The van der Waals surface area contributed by atoms with Gasteiger partial charge in [-0.15, -0.1) is 0 Å². The molecule has 0 fully saturated rings. The summed E-state index contributed by atoms with van der Waals surface area (Å²) < 4.78 is 47.4. The molecular formula is C21H16FN3O5S. The van der Waals surface area contributed by atoms with Crippen molar-refractivity contribution in [1.29, 1.82) is 0 Å². The molecule has 0 aliphatic carbocycles. The van der Waals surface area contributed by atoms with E-state index in [2.05, 4.69) is 9.71 Å². The quantitative estimate of drug-likeness (QED) is 0.590. The second-order valence-electron chi connectivity index (χ2n) is 6.69. The zero-order chi connectivity index (χ0) is 22.2. The van der Waals surface area contributed by atoms with E-state index in [1.54, 1.807) is 12.1 Å². The molecule has 31 heavy (non-hydrogen) atoms. The normalized spacial score (nSPS) is 13.3. The molecule has 2 amide bonds. The van der Waals surface area contributed by atoms with Crippen LogP contribution in [0.2, 0.25) is 0 Å². The molecule has 8 nitrogen and oxygen atoms in total. The monoisotopic (exact) mass is 441 g/mol. The molecule has 0 radical (unpaired) electrons. The van der Waals surface area contributed by atoms with Gasteiger partial charge < -0.3 is 4.74 Å². The minimum absolute atomic E-state index is 0.00600. The van der Waals surface area contributed by atoms with Crippen LogP contribution in [0.15, 0.2) is 65.7 Å². The first-order valence-corrected chi connectivity index (χ1v) is 10.5. The topological polar surface area (TPSA) is 106 Å². The lowest BCUT2D eigenvalue weighted by Crippen LogP contribution is -2.30. The van der Waals surface area contributed by atoms with E-state index in [-0.39, 0.29) is 33.9 Å². The van der Waals surface area contributed by atoms with Crippen molar-refractivity contribution >= 4 is 27.5 Å². The molecule has 3 aromatic rings. The van der Waals surface area contributed by atoms with Crippen LogP contribution in [-0.4, -0.2) is 37.2 Å². The Kier molecular flexibility index (Phi) is 5.15. The number of fused-ring (bicyclic) bond motifs is 1. The number of halogens is 1. The fraction of sp³-hybridized carbons (Fsp3) is 0.0952. The highest BCUT2D eigenvalue weighted by Gasteiger charge is 2.37. The molecule has 10 heteroatoms. The van der Waals surface area contributed by atoms with Crippen LogP contribution in [0.5, 0.6) is 5.75 Å². The van der Waals surface area contributed by atoms with Gasteiger partial charge in [-0.25, -0.2) is 12.8 Å². The van der Waals surface area contributed by atoms with Crippen molar-refractivity contribution in [2.75, 3.05) is 11.8 Å². The molecule has 2 aromatic carbocycles. The largest absolute Gasteiger partial charge is 0.497 e. The smallest absolute Gasteiger partial charge is 0.280 e. The van der Waals surface area contributed by atoms with Crippen molar-refractivity contribution in [3.8, 4) is 5.75 Å². The second kappa shape index (κ2) is 7.80. The summed E-state index contributed by atoms with van der Waals surface area (Å²) in [4.78, 5) is 29.6. The Bertz CT molecular complexity index is 1270. The fourth-order valence-corrected chi connectivity index (χ4v) is 4.53. The number of nitrogens with zero attached hydrogens (tertiary/aromatic N) is 2. The molecule has 0 atom stereocenters. The molecule has 0 spiro atoms. The lowest BCUT2D eigenvalue weighted by Gasteiger charge is -2.17. The highest BCUT2D eigenvalue weighted by Crippen LogP contribution is 2.27. The number of sulfonamides is 1. The Morgan fingerprint density at radius 2 is 1.87 bits per heavy atom. The number of ether oxygens (including phenoxy) is 1. The van der Waals surface area contributed by atoms with Gasteiger partial charge in [0.25, 0.3) is 21.8 Å². The zero-order valence-electron chi connectivity index (χ0n) is 16.2. The van der Waals surface area contributed by atoms with E-state index < -0.39 is 27.7 Å². The molecular weight excluding hydrogens is 425 g/mol. The lowest BCUT2D eigenvalue weighted by molar-refractivity contribution is 0.0639. The van der Waals surface area contributed by atoms with Gasteiger partial charge in [-0.05, 0) is 42.0 Å². The maximum absolute atomic E-state index is 13.9. The highest BCUT2D eigenvalue weighted by molar-refractivity contribution is 7.92. The molecule has 2 heterocycles. The first-order valence-electron chi connectivity index (χ1n) is 9.06. The van der Waals surface area contributed by atoms with Crippen molar-refractivity contribution < 1.29 is 27.1 Å². The first-order chi connectivity index (χ1) is 14.8. The Balaban J connectivity index is 1.68. The van der Waals surface area contributed by atoms with Gasteiger partial charge in [0.15, 0.2) is 0 Å². The standard InChI is InChI=1S/C21H16FN3O5S/c1-30-16-5-2-4-15(11-16)24-31(28,29)18-10-14(22)8-7-13(18)12-25-20(26)17-6-3-9-23-19(17)21(25)27/h2-11,24H,12H2,1H3. The van der Waals surface area contributed by atoms with Crippen molar-refractivity contribution in [2.24, 2.45) is 0 Å². The maximum Gasteiger partial charge on any atom is 0.280 e. The minimum Gasteiger partial charge on any atom is -0.497 e. The summed E-state index contributed by atoms with van der Waals surface area (Å²) in [5.41, 5.74) is 0.410. The van der Waals surface area contributed by atoms with Crippen LogP contribution in [0.1, 0.15) is 26.4 Å². The van der Waals surface area contributed by atoms with E-state index in [0.29, 0.717) is 5.75 Å². The van der Waals surface area contributed by atoms with E-state index in [1.807, 2.05) is 0 Å². The average molecular weight is 441 g/mol. The van der Waals surface area contributed by atoms with E-state index in [1.165, 1.54) is 43.6 Å². The predicted octanol–water partition coefficient (Wildman–Crippen LogP) is 2.83. The summed E-state index contributed by atoms with van der Waals surface area (Å²) >= 11 is 0. The molecule has 4 rings (SSSR count). The molecule has 1 aliphatic rings. The summed E-state index contributed by atoms with van der Waals surface area (Å²) in [5.74, 6) is -1.59. The van der Waals surface area contributed by atoms with Crippen LogP contribution in [0.3, 0.4) is 0 Å². The first kappa shape index (κ1) is 20.5. The van der Waals surface area contributed by atoms with E-state index in [9.17, 15) is 22.4 Å². The SMILES string of the molecule is COc1cccc(NS(=O)(=O)c2cc(F)ccc2CN2C(=O)c3cccnc3C2=O)c1. The fourth-order valence-electron chi connectivity index (χ4n) is 3.23. The Morgan fingerprint density at radius 3 is 2.61 bits per heavy atom. The number of aromatic nitrogens is 1. The summed E-state index contributed by atoms with van der Waals surface area (Å²) in [5, 5.41) is 0. The van der Waals surface area contributed by atoms with Crippen molar-refractivity contribution in [1.82, 2.24) is 9.88 Å². The number of anilines is 1. The van der Waals surface area contributed by atoms with Crippen LogP contribution < -0.4 is 9.46 Å². The molecule has 0 saturated heterocycles. The average Bonchev–Trinajstić information content (AvgIpc) is 2.99. The molecule has 1 aromatic heterocycles. The van der Waals surface area contributed by atoms with Gasteiger partial charge >= 0.3 is 0 Å². The van der Waals surface area contributed by atoms with Crippen LogP contribution in [0, 0.1) is 5.82 Å². The molecule has 158 valence electrons. The predicted molar refractivity (Wildman–Crippen MR) is 109 cm³/mol.